The molecule has 4 nitrogen and oxygen atoms in total. The highest BCUT2D eigenvalue weighted by Crippen LogP contribution is 2.24. The molecule has 0 heterocycles. The molecule has 1 unspecified atom stereocenters. The van der Waals surface area contributed by atoms with Crippen molar-refractivity contribution in [3.05, 3.63) is 0 Å². The molecule has 0 spiro atoms. The highest BCUT2D eigenvalue weighted by atomic mass is 16.5. The van der Waals surface area contributed by atoms with Gasteiger partial charge in [-0.25, -0.2) is 0 Å². The summed E-state index contributed by atoms with van der Waals surface area (Å²) in [4.78, 5) is 22.2. The van der Waals surface area contributed by atoms with E-state index in [1.54, 1.807) is 0 Å². The summed E-state index contributed by atoms with van der Waals surface area (Å²) in [7, 11) is 2.90. The molecular formula is C19H36O4. The highest BCUT2D eigenvalue weighted by Gasteiger charge is 2.15. The molecule has 0 aromatic carbocycles. The first-order valence-electron chi connectivity index (χ1n) is 9.14. The molecule has 23 heavy (non-hydrogen) atoms. The minimum absolute atomic E-state index is 0.0948. The number of ether oxygens (including phenoxy) is 2. The summed E-state index contributed by atoms with van der Waals surface area (Å²) in [5, 5.41) is 0. The Balaban J connectivity index is 3.55. The molecule has 0 aromatic heterocycles. The van der Waals surface area contributed by atoms with Crippen molar-refractivity contribution in [1.29, 1.82) is 0 Å². The number of hydrogen-bond acceptors (Lipinski definition) is 4. The normalized spacial score (nSPS) is 12.2. The van der Waals surface area contributed by atoms with E-state index in [1.165, 1.54) is 52.7 Å². The Morgan fingerprint density at radius 3 is 1.70 bits per heavy atom. The third kappa shape index (κ3) is 13.1. The molecule has 0 bridgehead atoms. The summed E-state index contributed by atoms with van der Waals surface area (Å²) in [6.45, 7) is 4.48. The summed E-state index contributed by atoms with van der Waals surface area (Å²) >= 11 is 0. The lowest BCUT2D eigenvalue weighted by atomic mass is 9.86. The molecule has 0 radical (unpaired) electrons. The number of methoxy groups -OCH3 is 2. The molecule has 0 rings (SSSR count). The van der Waals surface area contributed by atoms with Crippen LogP contribution in [0.2, 0.25) is 0 Å². The quantitative estimate of drug-likeness (QED) is 0.336. The van der Waals surface area contributed by atoms with E-state index >= 15 is 0 Å². The van der Waals surface area contributed by atoms with Crippen LogP contribution >= 0.6 is 0 Å². The van der Waals surface area contributed by atoms with E-state index in [2.05, 4.69) is 18.6 Å². The monoisotopic (exact) mass is 328 g/mol. The van der Waals surface area contributed by atoms with Gasteiger partial charge in [-0.3, -0.25) is 9.59 Å². The summed E-state index contributed by atoms with van der Waals surface area (Å²) in [6.07, 6.45) is 11.5. The predicted octanol–water partition coefficient (Wildman–Crippen LogP) is 4.90. The minimum atomic E-state index is -0.100. The molecule has 1 atom stereocenters. The Morgan fingerprint density at radius 1 is 0.696 bits per heavy atom. The van der Waals surface area contributed by atoms with Crippen LogP contribution in [0.15, 0.2) is 0 Å². The number of carbonyl (C=O) groups is 2. The molecule has 0 amide bonds. The third-order valence-electron chi connectivity index (χ3n) is 4.57. The van der Waals surface area contributed by atoms with Crippen molar-refractivity contribution >= 4 is 11.9 Å². The van der Waals surface area contributed by atoms with Crippen molar-refractivity contribution in [3.8, 4) is 0 Å². The van der Waals surface area contributed by atoms with Gasteiger partial charge in [-0.2, -0.15) is 0 Å². The maximum atomic E-state index is 11.3. The summed E-state index contributed by atoms with van der Waals surface area (Å²) in [5.41, 5.74) is 0. The van der Waals surface area contributed by atoms with Crippen molar-refractivity contribution in [1.82, 2.24) is 0 Å². The zero-order valence-electron chi connectivity index (χ0n) is 15.6. The van der Waals surface area contributed by atoms with Crippen molar-refractivity contribution in [2.45, 2.75) is 84.5 Å². The molecule has 0 aliphatic carbocycles. The van der Waals surface area contributed by atoms with Crippen LogP contribution in [0.3, 0.4) is 0 Å². The van der Waals surface area contributed by atoms with Crippen LogP contribution < -0.4 is 0 Å². The van der Waals surface area contributed by atoms with Crippen molar-refractivity contribution in [3.63, 3.8) is 0 Å². The number of esters is 2. The zero-order valence-corrected chi connectivity index (χ0v) is 15.6. The molecule has 0 aliphatic heterocycles. The standard InChI is InChI=1S/C19H36O4/c1-16(2)17(14-15-19(21)23-4)12-10-8-6-5-7-9-11-13-18(20)22-3/h16-17H,5-15H2,1-4H3. The largest absolute Gasteiger partial charge is 0.469 e. The molecule has 0 N–H and O–H groups in total. The van der Waals surface area contributed by atoms with Crippen LogP contribution in [0.25, 0.3) is 0 Å². The van der Waals surface area contributed by atoms with E-state index in [-0.39, 0.29) is 11.9 Å². The Morgan fingerprint density at radius 2 is 1.17 bits per heavy atom. The lowest BCUT2D eigenvalue weighted by Crippen LogP contribution is -2.12. The van der Waals surface area contributed by atoms with E-state index in [9.17, 15) is 9.59 Å². The number of carbonyl (C=O) groups excluding carboxylic acids is 2. The maximum Gasteiger partial charge on any atom is 0.305 e. The van der Waals surface area contributed by atoms with Gasteiger partial charge in [0.25, 0.3) is 0 Å². The number of unbranched alkanes of at least 4 members (excludes halogenated alkanes) is 6. The number of rotatable bonds is 14. The average molecular weight is 328 g/mol. The second-order valence-electron chi connectivity index (χ2n) is 6.71. The minimum Gasteiger partial charge on any atom is -0.469 e. The van der Waals surface area contributed by atoms with Gasteiger partial charge < -0.3 is 9.47 Å². The van der Waals surface area contributed by atoms with Gasteiger partial charge in [0.15, 0.2) is 0 Å². The van der Waals surface area contributed by atoms with Gasteiger partial charge in [0.2, 0.25) is 0 Å². The Hall–Kier alpha value is -1.06. The fourth-order valence-electron chi connectivity index (χ4n) is 2.88. The van der Waals surface area contributed by atoms with E-state index in [4.69, 9.17) is 4.74 Å². The van der Waals surface area contributed by atoms with Gasteiger partial charge in [0.1, 0.15) is 0 Å². The molecular weight excluding hydrogens is 292 g/mol. The lowest BCUT2D eigenvalue weighted by molar-refractivity contribution is -0.141. The van der Waals surface area contributed by atoms with Gasteiger partial charge in [-0.05, 0) is 24.7 Å². The Bertz CT molecular complexity index is 312. The Kier molecular flexibility index (Phi) is 13.9. The molecule has 4 heteroatoms. The molecule has 0 saturated heterocycles. The van der Waals surface area contributed by atoms with E-state index in [0.717, 1.165) is 19.3 Å². The molecule has 0 aliphatic rings. The second-order valence-corrected chi connectivity index (χ2v) is 6.71. The van der Waals surface area contributed by atoms with Crippen LogP contribution in [0.5, 0.6) is 0 Å². The average Bonchev–Trinajstić information content (AvgIpc) is 2.54. The fourth-order valence-corrected chi connectivity index (χ4v) is 2.88. The molecule has 136 valence electrons. The van der Waals surface area contributed by atoms with Gasteiger partial charge in [-0.15, -0.1) is 0 Å². The summed E-state index contributed by atoms with van der Waals surface area (Å²) in [6, 6.07) is 0. The van der Waals surface area contributed by atoms with Crippen LogP contribution in [0, 0.1) is 11.8 Å². The van der Waals surface area contributed by atoms with Gasteiger partial charge in [-0.1, -0.05) is 58.8 Å². The van der Waals surface area contributed by atoms with Crippen molar-refractivity contribution < 1.29 is 19.1 Å². The first kappa shape index (κ1) is 21.9. The van der Waals surface area contributed by atoms with E-state index < -0.39 is 0 Å². The lowest BCUT2D eigenvalue weighted by Gasteiger charge is -2.20. The topological polar surface area (TPSA) is 52.6 Å². The van der Waals surface area contributed by atoms with Crippen molar-refractivity contribution in [2.75, 3.05) is 14.2 Å². The first-order chi connectivity index (χ1) is 11.0. The summed E-state index contributed by atoms with van der Waals surface area (Å²) < 4.78 is 9.35. The van der Waals surface area contributed by atoms with E-state index in [0.29, 0.717) is 24.7 Å². The predicted molar refractivity (Wildman–Crippen MR) is 93.1 cm³/mol. The molecule has 0 saturated carbocycles. The van der Waals surface area contributed by atoms with Gasteiger partial charge in [0.05, 0.1) is 14.2 Å². The maximum absolute atomic E-state index is 11.3. The van der Waals surface area contributed by atoms with Crippen LogP contribution in [-0.4, -0.2) is 26.2 Å². The SMILES string of the molecule is COC(=O)CCCCCCCCCC(CCC(=O)OC)C(C)C. The highest BCUT2D eigenvalue weighted by molar-refractivity contribution is 5.69. The molecule has 0 aromatic rings. The van der Waals surface area contributed by atoms with Gasteiger partial charge in [0, 0.05) is 12.8 Å². The van der Waals surface area contributed by atoms with Crippen LogP contribution in [0.4, 0.5) is 0 Å². The second kappa shape index (κ2) is 14.5. The smallest absolute Gasteiger partial charge is 0.305 e. The summed E-state index contributed by atoms with van der Waals surface area (Å²) in [5.74, 6) is 1.05. The van der Waals surface area contributed by atoms with Crippen LogP contribution in [-0.2, 0) is 19.1 Å². The first-order valence-corrected chi connectivity index (χ1v) is 9.14. The molecule has 0 fully saturated rings. The zero-order chi connectivity index (χ0) is 17.5. The third-order valence-corrected chi connectivity index (χ3v) is 4.57. The van der Waals surface area contributed by atoms with Gasteiger partial charge >= 0.3 is 11.9 Å². The van der Waals surface area contributed by atoms with Crippen molar-refractivity contribution in [2.24, 2.45) is 11.8 Å². The van der Waals surface area contributed by atoms with Crippen LogP contribution in [0.1, 0.15) is 84.5 Å². The van der Waals surface area contributed by atoms with E-state index in [1.807, 2.05) is 0 Å². The number of hydrogen-bond donors (Lipinski definition) is 0. The Labute approximate surface area is 142 Å². The fraction of sp³-hybridized carbons (Fsp3) is 0.895.